The molecule has 3 unspecified atom stereocenters. The Hall–Kier alpha value is -0.610. The third-order valence-electron chi connectivity index (χ3n) is 4.33. The second kappa shape index (κ2) is 7.99. The van der Waals surface area contributed by atoms with E-state index in [1.807, 2.05) is 6.92 Å². The fraction of sp³-hybridized carbons (Fsp3) is 0.938. The second-order valence-corrected chi connectivity index (χ2v) is 6.87. The van der Waals surface area contributed by atoms with Gasteiger partial charge < -0.3 is 15.3 Å². The maximum absolute atomic E-state index is 11.4. The Kier molecular flexibility index (Phi) is 6.96. The van der Waals surface area contributed by atoms with Crippen LogP contribution in [0.1, 0.15) is 53.4 Å². The number of likely N-dealkylation sites (tertiary alicyclic amines) is 1. The number of nitrogens with zero attached hydrogens (tertiary/aromatic N) is 1. The van der Waals surface area contributed by atoms with Crippen LogP contribution in [-0.2, 0) is 4.79 Å². The van der Waals surface area contributed by atoms with Crippen LogP contribution in [0.4, 0.5) is 0 Å². The molecule has 3 atom stereocenters. The third-order valence-corrected chi connectivity index (χ3v) is 4.33. The lowest BCUT2D eigenvalue weighted by atomic mass is 9.91. The molecule has 20 heavy (non-hydrogen) atoms. The minimum atomic E-state index is -0.775. The molecule has 118 valence electrons. The van der Waals surface area contributed by atoms with Crippen LogP contribution in [0.5, 0.6) is 0 Å². The molecule has 0 spiro atoms. The zero-order valence-electron chi connectivity index (χ0n) is 13.6. The van der Waals surface area contributed by atoms with Crippen LogP contribution in [0.15, 0.2) is 0 Å². The van der Waals surface area contributed by atoms with Crippen molar-refractivity contribution in [1.29, 1.82) is 0 Å². The van der Waals surface area contributed by atoms with Crippen molar-refractivity contribution in [3.05, 3.63) is 0 Å². The molecule has 1 saturated heterocycles. The molecule has 1 aliphatic rings. The van der Waals surface area contributed by atoms with Crippen LogP contribution in [0.25, 0.3) is 0 Å². The molecule has 0 amide bonds. The number of carboxylic acid groups (broad SMARTS) is 1. The fourth-order valence-electron chi connectivity index (χ4n) is 3.30. The van der Waals surface area contributed by atoms with Gasteiger partial charge in [-0.05, 0) is 57.5 Å². The number of hydrogen-bond donors (Lipinski definition) is 2. The lowest BCUT2D eigenvalue weighted by Gasteiger charge is -2.35. The van der Waals surface area contributed by atoms with Crippen molar-refractivity contribution in [2.24, 2.45) is 11.8 Å². The van der Waals surface area contributed by atoms with E-state index in [2.05, 4.69) is 31.0 Å². The minimum Gasteiger partial charge on any atom is -0.480 e. The molecule has 0 radical (unpaired) electrons. The summed E-state index contributed by atoms with van der Waals surface area (Å²) in [7, 11) is 0. The highest BCUT2D eigenvalue weighted by Gasteiger charge is 2.32. The molecule has 0 saturated carbocycles. The largest absolute Gasteiger partial charge is 0.480 e. The van der Waals surface area contributed by atoms with Gasteiger partial charge in [0.25, 0.3) is 0 Å². The summed E-state index contributed by atoms with van der Waals surface area (Å²) >= 11 is 0. The number of rotatable bonds is 8. The SMILES string of the molecule is CCCNC(C)(CCCN1CC(C)CC(C)C1)C(=O)O. The number of aliphatic carboxylic acids is 1. The number of nitrogens with one attached hydrogen (secondary N) is 1. The highest BCUT2D eigenvalue weighted by atomic mass is 16.4. The Morgan fingerprint density at radius 1 is 1.35 bits per heavy atom. The van der Waals surface area contributed by atoms with Gasteiger partial charge in [0.2, 0.25) is 0 Å². The first kappa shape index (κ1) is 17.4. The maximum Gasteiger partial charge on any atom is 0.323 e. The number of carboxylic acids is 1. The quantitative estimate of drug-likeness (QED) is 0.719. The average molecular weight is 284 g/mol. The lowest BCUT2D eigenvalue weighted by Crippen LogP contribution is -2.50. The average Bonchev–Trinajstić information content (AvgIpc) is 2.35. The molecule has 0 aliphatic carbocycles. The monoisotopic (exact) mass is 284 g/mol. The van der Waals surface area contributed by atoms with Gasteiger partial charge in [-0.3, -0.25) is 4.79 Å². The van der Waals surface area contributed by atoms with Crippen molar-refractivity contribution in [2.75, 3.05) is 26.2 Å². The highest BCUT2D eigenvalue weighted by molar-refractivity contribution is 5.78. The van der Waals surface area contributed by atoms with E-state index in [1.165, 1.54) is 6.42 Å². The lowest BCUT2D eigenvalue weighted by molar-refractivity contribution is -0.144. The molecule has 2 N–H and O–H groups in total. The van der Waals surface area contributed by atoms with E-state index in [1.54, 1.807) is 0 Å². The van der Waals surface area contributed by atoms with Crippen LogP contribution in [-0.4, -0.2) is 47.7 Å². The Bertz CT molecular complexity index is 299. The molecule has 0 aromatic rings. The fourth-order valence-corrected chi connectivity index (χ4v) is 3.30. The molecule has 4 nitrogen and oxygen atoms in total. The summed E-state index contributed by atoms with van der Waals surface area (Å²) in [4.78, 5) is 13.9. The Morgan fingerprint density at radius 2 is 1.95 bits per heavy atom. The normalized spacial score (nSPS) is 27.2. The molecule has 0 bridgehead atoms. The van der Waals surface area contributed by atoms with E-state index in [0.29, 0.717) is 6.42 Å². The number of hydrogen-bond acceptors (Lipinski definition) is 3. The first-order valence-electron chi connectivity index (χ1n) is 8.08. The van der Waals surface area contributed by atoms with Crippen molar-refractivity contribution < 1.29 is 9.90 Å². The zero-order chi connectivity index (χ0) is 15.2. The summed E-state index contributed by atoms with van der Waals surface area (Å²) in [6, 6.07) is 0. The topological polar surface area (TPSA) is 52.6 Å². The Labute approximate surface area is 123 Å². The molecule has 1 heterocycles. The highest BCUT2D eigenvalue weighted by Crippen LogP contribution is 2.22. The van der Waals surface area contributed by atoms with Gasteiger partial charge in [0.1, 0.15) is 5.54 Å². The molecule has 4 heteroatoms. The number of piperidine rings is 1. The van der Waals surface area contributed by atoms with Crippen molar-refractivity contribution in [3.63, 3.8) is 0 Å². The van der Waals surface area contributed by atoms with Crippen LogP contribution in [0.2, 0.25) is 0 Å². The van der Waals surface area contributed by atoms with E-state index in [0.717, 1.165) is 50.9 Å². The van der Waals surface area contributed by atoms with Crippen molar-refractivity contribution >= 4 is 5.97 Å². The van der Waals surface area contributed by atoms with Gasteiger partial charge in [0.05, 0.1) is 0 Å². The summed E-state index contributed by atoms with van der Waals surface area (Å²) in [5.74, 6) is 0.803. The van der Waals surface area contributed by atoms with Crippen molar-refractivity contribution in [3.8, 4) is 0 Å². The molecular formula is C16H32N2O2. The maximum atomic E-state index is 11.4. The molecule has 1 fully saturated rings. The molecule has 1 rings (SSSR count). The molecule has 1 aliphatic heterocycles. The van der Waals surface area contributed by atoms with Crippen LogP contribution >= 0.6 is 0 Å². The van der Waals surface area contributed by atoms with Crippen molar-refractivity contribution in [1.82, 2.24) is 10.2 Å². The van der Waals surface area contributed by atoms with E-state index < -0.39 is 11.5 Å². The zero-order valence-corrected chi connectivity index (χ0v) is 13.6. The summed E-state index contributed by atoms with van der Waals surface area (Å²) < 4.78 is 0. The van der Waals surface area contributed by atoms with Gasteiger partial charge in [-0.1, -0.05) is 20.8 Å². The standard InChI is InChI=1S/C16H32N2O2/c1-5-8-17-16(4,15(19)20)7-6-9-18-11-13(2)10-14(3)12-18/h13-14,17H,5-12H2,1-4H3,(H,19,20). The minimum absolute atomic E-state index is 0.696. The Balaban J connectivity index is 2.38. The van der Waals surface area contributed by atoms with E-state index in [4.69, 9.17) is 0 Å². The summed E-state index contributed by atoms with van der Waals surface area (Å²) in [5, 5.41) is 12.6. The van der Waals surface area contributed by atoms with E-state index in [-0.39, 0.29) is 0 Å². The second-order valence-electron chi connectivity index (χ2n) is 6.87. The smallest absolute Gasteiger partial charge is 0.323 e. The van der Waals surface area contributed by atoms with Crippen molar-refractivity contribution in [2.45, 2.75) is 58.9 Å². The van der Waals surface area contributed by atoms with E-state index >= 15 is 0 Å². The van der Waals surface area contributed by atoms with E-state index in [9.17, 15) is 9.90 Å². The molecular weight excluding hydrogens is 252 g/mol. The predicted octanol–water partition coefficient (Wildman–Crippen LogP) is 2.59. The summed E-state index contributed by atoms with van der Waals surface area (Å²) in [6.45, 7) is 12.6. The van der Waals surface area contributed by atoms with Gasteiger partial charge in [-0.2, -0.15) is 0 Å². The van der Waals surface area contributed by atoms with Gasteiger partial charge in [-0.25, -0.2) is 0 Å². The van der Waals surface area contributed by atoms with Crippen LogP contribution in [0, 0.1) is 11.8 Å². The van der Waals surface area contributed by atoms with Crippen LogP contribution in [0.3, 0.4) is 0 Å². The van der Waals surface area contributed by atoms with Gasteiger partial charge in [0.15, 0.2) is 0 Å². The summed E-state index contributed by atoms with van der Waals surface area (Å²) in [5.41, 5.74) is -0.775. The third kappa shape index (κ3) is 5.41. The first-order valence-corrected chi connectivity index (χ1v) is 8.08. The van der Waals surface area contributed by atoms with Gasteiger partial charge in [0, 0.05) is 13.1 Å². The number of carbonyl (C=O) groups is 1. The Morgan fingerprint density at radius 3 is 2.45 bits per heavy atom. The molecule has 0 aromatic carbocycles. The summed E-state index contributed by atoms with van der Waals surface area (Å²) in [6.07, 6.45) is 3.92. The molecule has 0 aromatic heterocycles. The first-order chi connectivity index (χ1) is 9.37. The van der Waals surface area contributed by atoms with Gasteiger partial charge >= 0.3 is 5.97 Å². The van der Waals surface area contributed by atoms with Gasteiger partial charge in [-0.15, -0.1) is 0 Å². The predicted molar refractivity (Wildman–Crippen MR) is 83.0 cm³/mol. The van der Waals surface area contributed by atoms with Crippen LogP contribution < -0.4 is 5.32 Å².